The van der Waals surface area contributed by atoms with E-state index < -0.39 is 0 Å². The Hall–Kier alpha value is -0.130. The third-order valence-corrected chi connectivity index (χ3v) is 4.13. The molecule has 1 aromatic heterocycles. The molecular weight excluding hydrogens is 360 g/mol. The van der Waals surface area contributed by atoms with E-state index in [1.54, 1.807) is 0 Å². The number of nitrogens with zero attached hydrogens (tertiary/aromatic N) is 2. The van der Waals surface area contributed by atoms with Gasteiger partial charge in [-0.25, -0.2) is 4.98 Å². The summed E-state index contributed by atoms with van der Waals surface area (Å²) in [6, 6.07) is 2.11. The fourth-order valence-electron chi connectivity index (χ4n) is 2.40. The van der Waals surface area contributed by atoms with E-state index in [1.807, 2.05) is 6.20 Å². The van der Waals surface area contributed by atoms with Gasteiger partial charge in [0.15, 0.2) is 0 Å². The fourth-order valence-corrected chi connectivity index (χ4v) is 3.18. The SMILES string of the molecule is Cc1cc(Br)cnc1N1CC(CBr)OC(C)(C)C1. The Morgan fingerprint density at radius 1 is 1.56 bits per heavy atom. The van der Waals surface area contributed by atoms with Crippen LogP contribution < -0.4 is 4.90 Å². The average molecular weight is 378 g/mol. The second-order valence-corrected chi connectivity index (χ2v) is 6.89. The molecule has 1 aliphatic heterocycles. The molecule has 1 aromatic rings. The topological polar surface area (TPSA) is 25.4 Å². The van der Waals surface area contributed by atoms with E-state index in [4.69, 9.17) is 4.74 Å². The maximum atomic E-state index is 6.01. The van der Waals surface area contributed by atoms with Crippen LogP contribution in [-0.4, -0.2) is 35.1 Å². The molecule has 0 saturated carbocycles. The predicted octanol–water partition coefficient (Wildman–Crippen LogP) is 3.53. The molecule has 0 bridgehead atoms. The summed E-state index contributed by atoms with van der Waals surface area (Å²) in [5.41, 5.74) is 1.05. The van der Waals surface area contributed by atoms with Crippen molar-refractivity contribution in [2.24, 2.45) is 0 Å². The molecule has 2 rings (SSSR count). The van der Waals surface area contributed by atoms with Gasteiger partial charge in [-0.05, 0) is 48.3 Å². The summed E-state index contributed by atoms with van der Waals surface area (Å²) in [5, 5.41) is 0.850. The first kappa shape index (κ1) is 14.3. The minimum Gasteiger partial charge on any atom is -0.368 e. The lowest BCUT2D eigenvalue weighted by atomic mass is 10.1. The first-order chi connectivity index (χ1) is 8.41. The van der Waals surface area contributed by atoms with Crippen LogP contribution >= 0.6 is 31.9 Å². The molecule has 1 fully saturated rings. The molecule has 3 nitrogen and oxygen atoms in total. The van der Waals surface area contributed by atoms with Crippen LogP contribution in [-0.2, 0) is 4.74 Å². The molecule has 1 unspecified atom stereocenters. The molecule has 1 aliphatic rings. The maximum Gasteiger partial charge on any atom is 0.131 e. The number of rotatable bonds is 2. The quantitative estimate of drug-likeness (QED) is 0.737. The van der Waals surface area contributed by atoms with E-state index in [0.717, 1.165) is 28.7 Å². The average Bonchev–Trinajstić information content (AvgIpc) is 2.26. The third kappa shape index (κ3) is 3.25. The van der Waals surface area contributed by atoms with E-state index >= 15 is 0 Å². The molecule has 1 saturated heterocycles. The molecule has 5 heteroatoms. The van der Waals surface area contributed by atoms with Crippen LogP contribution in [0.2, 0.25) is 0 Å². The van der Waals surface area contributed by atoms with Crippen molar-refractivity contribution >= 4 is 37.7 Å². The number of alkyl halides is 1. The van der Waals surface area contributed by atoms with E-state index in [0.29, 0.717) is 0 Å². The Balaban J connectivity index is 2.26. The fraction of sp³-hybridized carbons (Fsp3) is 0.615. The molecule has 18 heavy (non-hydrogen) atoms. The predicted molar refractivity (Wildman–Crippen MR) is 81.6 cm³/mol. The van der Waals surface area contributed by atoms with Gasteiger partial charge in [-0.15, -0.1) is 0 Å². The highest BCUT2D eigenvalue weighted by Crippen LogP contribution is 2.28. The Labute approximate surface area is 125 Å². The molecule has 100 valence electrons. The highest BCUT2D eigenvalue weighted by Gasteiger charge is 2.33. The summed E-state index contributed by atoms with van der Waals surface area (Å²) in [4.78, 5) is 6.86. The van der Waals surface area contributed by atoms with Gasteiger partial charge in [0.1, 0.15) is 5.82 Å². The second kappa shape index (κ2) is 5.47. The minimum absolute atomic E-state index is 0.141. The lowest BCUT2D eigenvalue weighted by Gasteiger charge is -2.43. The lowest BCUT2D eigenvalue weighted by Crippen LogP contribution is -2.53. The molecule has 0 amide bonds. The molecule has 0 aliphatic carbocycles. The summed E-state index contributed by atoms with van der Waals surface area (Å²) in [5.74, 6) is 1.06. The summed E-state index contributed by atoms with van der Waals surface area (Å²) >= 11 is 6.97. The number of morpholine rings is 1. The first-order valence-corrected chi connectivity index (χ1v) is 7.93. The molecule has 2 heterocycles. The number of aryl methyl sites for hydroxylation is 1. The van der Waals surface area contributed by atoms with E-state index in [-0.39, 0.29) is 11.7 Å². The van der Waals surface area contributed by atoms with Gasteiger partial charge in [0.05, 0.1) is 11.7 Å². The van der Waals surface area contributed by atoms with Crippen molar-refractivity contribution in [1.29, 1.82) is 0 Å². The standard InChI is InChI=1S/C13H18Br2N2O/c1-9-4-10(15)6-16-12(9)17-7-11(5-14)18-13(2,3)8-17/h4,6,11H,5,7-8H2,1-3H3. The van der Waals surface area contributed by atoms with Crippen molar-refractivity contribution in [3.8, 4) is 0 Å². The molecule has 0 spiro atoms. The summed E-state index contributed by atoms with van der Waals surface area (Å²) in [6.07, 6.45) is 2.06. The normalized spacial score (nSPS) is 23.2. The van der Waals surface area contributed by atoms with Crippen molar-refractivity contribution in [2.45, 2.75) is 32.5 Å². The van der Waals surface area contributed by atoms with E-state index in [9.17, 15) is 0 Å². The Bertz CT molecular complexity index is 437. The van der Waals surface area contributed by atoms with Crippen molar-refractivity contribution in [2.75, 3.05) is 23.3 Å². The zero-order valence-electron chi connectivity index (χ0n) is 10.9. The smallest absolute Gasteiger partial charge is 0.131 e. The van der Waals surface area contributed by atoms with Gasteiger partial charge >= 0.3 is 0 Å². The minimum atomic E-state index is -0.141. The third-order valence-electron chi connectivity index (χ3n) is 2.97. The molecule has 0 N–H and O–H groups in total. The number of halogens is 2. The van der Waals surface area contributed by atoms with Crippen molar-refractivity contribution in [3.63, 3.8) is 0 Å². The molecule has 1 atom stereocenters. The number of hydrogen-bond acceptors (Lipinski definition) is 3. The largest absolute Gasteiger partial charge is 0.368 e. The zero-order valence-corrected chi connectivity index (χ0v) is 14.1. The van der Waals surface area contributed by atoms with Crippen LogP contribution in [0.1, 0.15) is 19.4 Å². The van der Waals surface area contributed by atoms with Crippen LogP contribution in [0.25, 0.3) is 0 Å². The van der Waals surface area contributed by atoms with Gasteiger partial charge in [0.2, 0.25) is 0 Å². The van der Waals surface area contributed by atoms with Crippen molar-refractivity contribution < 1.29 is 4.74 Å². The highest BCUT2D eigenvalue weighted by atomic mass is 79.9. The highest BCUT2D eigenvalue weighted by molar-refractivity contribution is 9.10. The first-order valence-electron chi connectivity index (χ1n) is 6.02. The van der Waals surface area contributed by atoms with Crippen LogP contribution in [0, 0.1) is 6.92 Å². The van der Waals surface area contributed by atoms with Crippen LogP contribution in [0.4, 0.5) is 5.82 Å². The summed E-state index contributed by atoms with van der Waals surface area (Å²) in [6.45, 7) is 8.10. The van der Waals surface area contributed by atoms with Crippen LogP contribution in [0.5, 0.6) is 0 Å². The summed E-state index contributed by atoms with van der Waals surface area (Å²) < 4.78 is 7.03. The van der Waals surface area contributed by atoms with Crippen LogP contribution in [0.15, 0.2) is 16.7 Å². The van der Waals surface area contributed by atoms with Gasteiger partial charge in [0.25, 0.3) is 0 Å². The van der Waals surface area contributed by atoms with Gasteiger partial charge in [-0.3, -0.25) is 0 Å². The van der Waals surface area contributed by atoms with Gasteiger partial charge in [-0.1, -0.05) is 15.9 Å². The van der Waals surface area contributed by atoms with Gasteiger partial charge in [-0.2, -0.15) is 0 Å². The van der Waals surface area contributed by atoms with Crippen molar-refractivity contribution in [3.05, 3.63) is 22.3 Å². The number of pyridine rings is 1. The van der Waals surface area contributed by atoms with E-state index in [1.165, 1.54) is 5.56 Å². The molecule has 0 aromatic carbocycles. The van der Waals surface area contributed by atoms with Gasteiger partial charge < -0.3 is 9.64 Å². The number of anilines is 1. The summed E-state index contributed by atoms with van der Waals surface area (Å²) in [7, 11) is 0. The van der Waals surface area contributed by atoms with E-state index in [2.05, 4.69) is 68.6 Å². The Kier molecular flexibility index (Phi) is 4.34. The Morgan fingerprint density at radius 2 is 2.28 bits per heavy atom. The molecular formula is C13H18Br2N2O. The molecule has 0 radical (unpaired) electrons. The lowest BCUT2D eigenvalue weighted by molar-refractivity contribution is -0.0726. The number of hydrogen-bond donors (Lipinski definition) is 0. The Morgan fingerprint density at radius 3 is 2.89 bits per heavy atom. The zero-order chi connectivity index (χ0) is 13.3. The maximum absolute atomic E-state index is 6.01. The monoisotopic (exact) mass is 376 g/mol. The van der Waals surface area contributed by atoms with Crippen LogP contribution in [0.3, 0.4) is 0 Å². The number of aromatic nitrogens is 1. The van der Waals surface area contributed by atoms with Gasteiger partial charge in [0, 0.05) is 29.1 Å². The second-order valence-electron chi connectivity index (χ2n) is 5.33. The number of ether oxygens (including phenoxy) is 1. The van der Waals surface area contributed by atoms with Crippen molar-refractivity contribution in [1.82, 2.24) is 4.98 Å².